The monoisotopic (exact) mass is 343 g/mol. The molecule has 2 aromatic rings. The largest absolute Gasteiger partial charge is 0.484 e. The topological polar surface area (TPSA) is 38.3 Å². The van der Waals surface area contributed by atoms with Gasteiger partial charge in [0.1, 0.15) is 5.75 Å². The molecule has 1 amide bonds. The van der Waals surface area contributed by atoms with Gasteiger partial charge in [0, 0.05) is 5.02 Å². The van der Waals surface area contributed by atoms with Crippen molar-refractivity contribution in [2.75, 3.05) is 6.61 Å². The van der Waals surface area contributed by atoms with E-state index in [1.54, 1.807) is 24.3 Å². The van der Waals surface area contributed by atoms with E-state index in [-0.39, 0.29) is 18.6 Å². The van der Waals surface area contributed by atoms with Gasteiger partial charge in [-0.3, -0.25) is 4.79 Å². The zero-order chi connectivity index (χ0) is 16.8. The summed E-state index contributed by atoms with van der Waals surface area (Å²) in [4.78, 5) is 12.4. The van der Waals surface area contributed by atoms with Crippen LogP contribution in [0.25, 0.3) is 0 Å². The van der Waals surface area contributed by atoms with Crippen LogP contribution in [-0.4, -0.2) is 12.5 Å². The summed E-state index contributed by atoms with van der Waals surface area (Å²) >= 11 is 5.85. The molecule has 0 heterocycles. The molecule has 1 N–H and O–H groups in total. The van der Waals surface area contributed by atoms with E-state index in [0.29, 0.717) is 16.7 Å². The number of benzene rings is 2. The molecular weight excluding hydrogens is 322 g/mol. The molecule has 2 aromatic carbocycles. The maximum absolute atomic E-state index is 12.4. The lowest BCUT2D eigenvalue weighted by Crippen LogP contribution is -2.35. The second-order valence-corrected chi connectivity index (χ2v) is 6.68. The number of halogens is 1. The molecule has 1 unspecified atom stereocenters. The van der Waals surface area contributed by atoms with Crippen molar-refractivity contribution in [2.24, 2.45) is 5.92 Å². The molecule has 1 saturated carbocycles. The van der Waals surface area contributed by atoms with E-state index in [4.69, 9.17) is 16.3 Å². The van der Waals surface area contributed by atoms with E-state index in [1.807, 2.05) is 18.2 Å². The fourth-order valence-corrected chi connectivity index (χ4v) is 3.45. The Balaban J connectivity index is 1.61. The fourth-order valence-electron chi connectivity index (χ4n) is 3.32. The first-order chi connectivity index (χ1) is 11.7. The highest BCUT2D eigenvalue weighted by Crippen LogP contribution is 2.35. The SMILES string of the molecule is O=C(COc1ccc(Cl)cc1)NC(c1ccccc1)C1CCCC1. The Morgan fingerprint density at radius 1 is 1.08 bits per heavy atom. The van der Waals surface area contributed by atoms with Gasteiger partial charge in [-0.25, -0.2) is 0 Å². The van der Waals surface area contributed by atoms with Crippen LogP contribution in [0.5, 0.6) is 5.75 Å². The quantitative estimate of drug-likeness (QED) is 0.820. The van der Waals surface area contributed by atoms with E-state index >= 15 is 0 Å². The summed E-state index contributed by atoms with van der Waals surface area (Å²) < 4.78 is 5.55. The van der Waals surface area contributed by atoms with Crippen molar-refractivity contribution in [3.05, 3.63) is 65.2 Å². The second kappa shape index (κ2) is 8.20. The van der Waals surface area contributed by atoms with Crippen molar-refractivity contribution < 1.29 is 9.53 Å². The van der Waals surface area contributed by atoms with Gasteiger partial charge in [-0.1, -0.05) is 54.8 Å². The fraction of sp³-hybridized carbons (Fsp3) is 0.350. The number of ether oxygens (including phenoxy) is 1. The highest BCUT2D eigenvalue weighted by molar-refractivity contribution is 6.30. The first-order valence-electron chi connectivity index (χ1n) is 8.45. The van der Waals surface area contributed by atoms with E-state index in [1.165, 1.54) is 18.4 Å². The number of nitrogens with one attached hydrogen (secondary N) is 1. The van der Waals surface area contributed by atoms with Crippen molar-refractivity contribution in [1.82, 2.24) is 5.32 Å². The maximum atomic E-state index is 12.4. The summed E-state index contributed by atoms with van der Waals surface area (Å²) in [5.41, 5.74) is 1.17. The Bertz CT molecular complexity index is 651. The summed E-state index contributed by atoms with van der Waals surface area (Å²) in [7, 11) is 0. The molecule has 4 heteroatoms. The van der Waals surface area contributed by atoms with Crippen LogP contribution >= 0.6 is 11.6 Å². The lowest BCUT2D eigenvalue weighted by atomic mass is 9.91. The van der Waals surface area contributed by atoms with Crippen molar-refractivity contribution >= 4 is 17.5 Å². The maximum Gasteiger partial charge on any atom is 0.258 e. The molecule has 3 nitrogen and oxygen atoms in total. The van der Waals surface area contributed by atoms with Gasteiger partial charge in [-0.15, -0.1) is 0 Å². The predicted octanol–water partition coefficient (Wildman–Crippen LogP) is 4.77. The van der Waals surface area contributed by atoms with Crippen LogP contribution in [0, 0.1) is 5.92 Å². The van der Waals surface area contributed by atoms with Gasteiger partial charge < -0.3 is 10.1 Å². The summed E-state index contributed by atoms with van der Waals surface area (Å²) in [6, 6.07) is 17.3. The average Bonchev–Trinajstić information content (AvgIpc) is 3.14. The van der Waals surface area contributed by atoms with Crippen molar-refractivity contribution in [1.29, 1.82) is 0 Å². The van der Waals surface area contributed by atoms with Crippen LogP contribution in [0.1, 0.15) is 37.3 Å². The first-order valence-corrected chi connectivity index (χ1v) is 8.83. The zero-order valence-corrected chi connectivity index (χ0v) is 14.3. The molecule has 0 radical (unpaired) electrons. The third kappa shape index (κ3) is 4.51. The number of carbonyl (C=O) groups is 1. The van der Waals surface area contributed by atoms with Gasteiger partial charge in [-0.05, 0) is 48.6 Å². The number of amides is 1. The van der Waals surface area contributed by atoms with Crippen LogP contribution in [-0.2, 0) is 4.79 Å². The molecule has 126 valence electrons. The van der Waals surface area contributed by atoms with Gasteiger partial charge in [0.15, 0.2) is 6.61 Å². The molecule has 0 bridgehead atoms. The van der Waals surface area contributed by atoms with Gasteiger partial charge in [0.25, 0.3) is 5.91 Å². The third-order valence-electron chi connectivity index (χ3n) is 4.53. The summed E-state index contributed by atoms with van der Waals surface area (Å²) in [5, 5.41) is 3.82. The zero-order valence-electron chi connectivity index (χ0n) is 13.6. The Kier molecular flexibility index (Phi) is 5.76. The number of hydrogen-bond donors (Lipinski definition) is 1. The highest BCUT2D eigenvalue weighted by atomic mass is 35.5. The average molecular weight is 344 g/mol. The molecule has 3 rings (SSSR count). The Hall–Kier alpha value is -2.00. The van der Waals surface area contributed by atoms with E-state index in [9.17, 15) is 4.79 Å². The minimum Gasteiger partial charge on any atom is -0.484 e. The molecule has 0 aliphatic heterocycles. The van der Waals surface area contributed by atoms with Gasteiger partial charge in [-0.2, -0.15) is 0 Å². The first kappa shape index (κ1) is 16.8. The predicted molar refractivity (Wildman–Crippen MR) is 96.2 cm³/mol. The molecule has 24 heavy (non-hydrogen) atoms. The molecule has 0 aromatic heterocycles. The minimum absolute atomic E-state index is 0.0116. The third-order valence-corrected chi connectivity index (χ3v) is 4.78. The van der Waals surface area contributed by atoms with Crippen LogP contribution in [0.2, 0.25) is 5.02 Å². The Labute approximate surface area is 148 Å². The van der Waals surface area contributed by atoms with Crippen LogP contribution < -0.4 is 10.1 Å². The Morgan fingerprint density at radius 2 is 1.75 bits per heavy atom. The van der Waals surface area contributed by atoms with Gasteiger partial charge >= 0.3 is 0 Å². The smallest absolute Gasteiger partial charge is 0.258 e. The molecule has 1 fully saturated rings. The van der Waals surface area contributed by atoms with E-state index < -0.39 is 0 Å². The lowest BCUT2D eigenvalue weighted by molar-refractivity contribution is -0.124. The summed E-state index contributed by atoms with van der Waals surface area (Å²) in [5.74, 6) is 1.06. The van der Waals surface area contributed by atoms with Crippen molar-refractivity contribution in [3.8, 4) is 5.75 Å². The van der Waals surface area contributed by atoms with Gasteiger partial charge in [0.2, 0.25) is 0 Å². The Morgan fingerprint density at radius 3 is 2.42 bits per heavy atom. The number of hydrogen-bond acceptors (Lipinski definition) is 2. The summed E-state index contributed by atoms with van der Waals surface area (Å²) in [6.07, 6.45) is 4.81. The molecule has 1 aliphatic carbocycles. The molecule has 1 atom stereocenters. The number of rotatable bonds is 6. The highest BCUT2D eigenvalue weighted by Gasteiger charge is 2.27. The molecule has 0 saturated heterocycles. The van der Waals surface area contributed by atoms with Crippen LogP contribution in [0.4, 0.5) is 0 Å². The lowest BCUT2D eigenvalue weighted by Gasteiger charge is -2.25. The van der Waals surface area contributed by atoms with E-state index in [0.717, 1.165) is 12.8 Å². The molecule has 1 aliphatic rings. The van der Waals surface area contributed by atoms with Crippen LogP contribution in [0.15, 0.2) is 54.6 Å². The normalized spacial score (nSPS) is 15.9. The van der Waals surface area contributed by atoms with E-state index in [2.05, 4.69) is 17.4 Å². The van der Waals surface area contributed by atoms with Crippen molar-refractivity contribution in [3.63, 3.8) is 0 Å². The summed E-state index contributed by atoms with van der Waals surface area (Å²) in [6.45, 7) is 0.0116. The number of carbonyl (C=O) groups excluding carboxylic acids is 1. The van der Waals surface area contributed by atoms with Gasteiger partial charge in [0.05, 0.1) is 6.04 Å². The molecule has 0 spiro atoms. The second-order valence-electron chi connectivity index (χ2n) is 6.24. The van der Waals surface area contributed by atoms with Crippen molar-refractivity contribution in [2.45, 2.75) is 31.7 Å². The van der Waals surface area contributed by atoms with Crippen LogP contribution in [0.3, 0.4) is 0 Å². The molecular formula is C20H22ClNO2. The minimum atomic E-state index is -0.0919. The standard InChI is InChI=1S/C20H22ClNO2/c21-17-10-12-18(13-11-17)24-14-19(23)22-20(16-8-4-5-9-16)15-6-2-1-3-7-15/h1-3,6-7,10-13,16,20H,4-5,8-9,14H2,(H,22,23).